The van der Waals surface area contributed by atoms with E-state index in [0.717, 1.165) is 37.9 Å². The minimum Gasteiger partial charge on any atom is -0.465 e. The van der Waals surface area contributed by atoms with Gasteiger partial charge in [0.25, 0.3) is 0 Å². The second-order valence-electron chi connectivity index (χ2n) is 5.53. The van der Waals surface area contributed by atoms with Crippen molar-refractivity contribution in [1.82, 2.24) is 10.6 Å². The molecular weight excluding hydrogens is 405 g/mol. The first-order valence-electron chi connectivity index (χ1n) is 7.92. The van der Waals surface area contributed by atoms with E-state index in [-0.39, 0.29) is 29.9 Å². The average molecular weight is 431 g/mol. The van der Waals surface area contributed by atoms with E-state index in [1.165, 1.54) is 25.5 Å². The van der Waals surface area contributed by atoms with E-state index in [1.807, 2.05) is 12.1 Å². The summed E-state index contributed by atoms with van der Waals surface area (Å²) in [5, 5.41) is 6.61. The number of hydrogen-bond donors (Lipinski definition) is 2. The number of aliphatic imine (C=N–C) groups is 1. The van der Waals surface area contributed by atoms with Gasteiger partial charge in [0.2, 0.25) is 0 Å². The van der Waals surface area contributed by atoms with Gasteiger partial charge >= 0.3 is 5.97 Å². The van der Waals surface area contributed by atoms with Crippen molar-refractivity contribution in [2.75, 3.05) is 26.7 Å². The van der Waals surface area contributed by atoms with Crippen LogP contribution in [0.1, 0.15) is 35.7 Å². The minimum absolute atomic E-state index is 0. The molecule has 128 valence electrons. The summed E-state index contributed by atoms with van der Waals surface area (Å²) >= 11 is 0. The van der Waals surface area contributed by atoms with Gasteiger partial charge in [0.05, 0.1) is 12.7 Å². The van der Waals surface area contributed by atoms with Gasteiger partial charge in [-0.05, 0) is 49.8 Å². The first kappa shape index (κ1) is 19.7. The molecule has 0 spiro atoms. The topological polar surface area (TPSA) is 62.7 Å². The fourth-order valence-corrected chi connectivity index (χ4v) is 2.11. The van der Waals surface area contributed by atoms with Crippen LogP contribution in [0.2, 0.25) is 0 Å². The Kier molecular flexibility index (Phi) is 8.98. The van der Waals surface area contributed by atoms with Crippen LogP contribution in [0.15, 0.2) is 29.3 Å². The van der Waals surface area contributed by atoms with Crippen molar-refractivity contribution >= 4 is 35.9 Å². The Morgan fingerprint density at radius 2 is 1.96 bits per heavy atom. The lowest BCUT2D eigenvalue weighted by Gasteiger charge is -2.11. The zero-order valence-corrected chi connectivity index (χ0v) is 16.1. The van der Waals surface area contributed by atoms with Crippen LogP contribution in [0.3, 0.4) is 0 Å². The second kappa shape index (κ2) is 10.5. The molecule has 1 aliphatic carbocycles. The molecule has 0 aliphatic heterocycles. The molecule has 0 aromatic heterocycles. The van der Waals surface area contributed by atoms with Gasteiger partial charge in [-0.15, -0.1) is 24.0 Å². The quantitative estimate of drug-likeness (QED) is 0.302. The highest BCUT2D eigenvalue weighted by Crippen LogP contribution is 2.28. The maximum atomic E-state index is 11.4. The van der Waals surface area contributed by atoms with Gasteiger partial charge in [0, 0.05) is 19.6 Å². The number of esters is 1. The zero-order chi connectivity index (χ0) is 15.8. The van der Waals surface area contributed by atoms with Gasteiger partial charge < -0.3 is 15.4 Å². The summed E-state index contributed by atoms with van der Waals surface area (Å²) in [5.41, 5.74) is 1.76. The van der Waals surface area contributed by atoms with E-state index in [2.05, 4.69) is 22.5 Å². The molecular formula is C17H26IN3O2. The Labute approximate surface area is 155 Å². The van der Waals surface area contributed by atoms with E-state index in [0.29, 0.717) is 5.56 Å². The van der Waals surface area contributed by atoms with Crippen LogP contribution in [-0.4, -0.2) is 38.7 Å². The Bertz CT molecular complexity index is 513. The standard InChI is InChI=1S/C17H25N3O2.HI/c1-3-18-17(20-12-14-4-5-14)19-11-10-13-6-8-15(9-7-13)16(21)22-2;/h6-9,14H,3-5,10-12H2,1-2H3,(H2,18,19,20);1H. The summed E-state index contributed by atoms with van der Waals surface area (Å²) in [4.78, 5) is 16.0. The number of methoxy groups -OCH3 is 1. The van der Waals surface area contributed by atoms with Gasteiger partial charge in [-0.2, -0.15) is 0 Å². The third kappa shape index (κ3) is 7.20. The van der Waals surface area contributed by atoms with Crippen LogP contribution in [0.5, 0.6) is 0 Å². The molecule has 5 nitrogen and oxygen atoms in total. The van der Waals surface area contributed by atoms with Crippen molar-refractivity contribution in [1.29, 1.82) is 0 Å². The molecule has 0 amide bonds. The van der Waals surface area contributed by atoms with E-state index in [1.54, 1.807) is 12.1 Å². The Balaban J connectivity index is 0.00000264. The first-order valence-corrected chi connectivity index (χ1v) is 7.92. The Morgan fingerprint density at radius 1 is 1.26 bits per heavy atom. The van der Waals surface area contributed by atoms with Gasteiger partial charge in [0.15, 0.2) is 5.96 Å². The normalized spacial score (nSPS) is 13.9. The minimum atomic E-state index is -0.300. The summed E-state index contributed by atoms with van der Waals surface area (Å²) in [6, 6.07) is 7.52. The molecule has 23 heavy (non-hydrogen) atoms. The number of carbonyl (C=O) groups excluding carboxylic acids is 1. The maximum absolute atomic E-state index is 11.4. The molecule has 2 N–H and O–H groups in total. The summed E-state index contributed by atoms with van der Waals surface area (Å²) in [5.74, 6) is 1.38. The van der Waals surface area contributed by atoms with E-state index < -0.39 is 0 Å². The second-order valence-corrected chi connectivity index (χ2v) is 5.53. The molecule has 1 aromatic carbocycles. The van der Waals surface area contributed by atoms with Crippen molar-refractivity contribution in [3.05, 3.63) is 35.4 Å². The van der Waals surface area contributed by atoms with Crippen LogP contribution >= 0.6 is 24.0 Å². The summed E-state index contributed by atoms with van der Waals surface area (Å²) < 4.78 is 4.69. The number of nitrogens with zero attached hydrogens (tertiary/aromatic N) is 1. The number of benzene rings is 1. The van der Waals surface area contributed by atoms with Crippen molar-refractivity contribution in [3.8, 4) is 0 Å². The van der Waals surface area contributed by atoms with Crippen LogP contribution in [0.25, 0.3) is 0 Å². The fourth-order valence-electron chi connectivity index (χ4n) is 2.11. The predicted molar refractivity (Wildman–Crippen MR) is 104 cm³/mol. The lowest BCUT2D eigenvalue weighted by Crippen LogP contribution is -2.38. The highest BCUT2D eigenvalue weighted by Gasteiger charge is 2.20. The number of nitrogens with one attached hydrogen (secondary N) is 2. The molecule has 2 rings (SSSR count). The molecule has 0 atom stereocenters. The van der Waals surface area contributed by atoms with Crippen molar-refractivity contribution in [2.45, 2.75) is 26.2 Å². The van der Waals surface area contributed by atoms with Crippen molar-refractivity contribution in [3.63, 3.8) is 0 Å². The highest BCUT2D eigenvalue weighted by molar-refractivity contribution is 14.0. The average Bonchev–Trinajstić information content (AvgIpc) is 3.37. The molecule has 1 aromatic rings. The predicted octanol–water partition coefficient (Wildman–Crippen LogP) is 2.60. The molecule has 6 heteroatoms. The third-order valence-electron chi connectivity index (χ3n) is 3.63. The number of guanidine groups is 1. The number of ether oxygens (including phenoxy) is 1. The van der Waals surface area contributed by atoms with Crippen LogP contribution in [-0.2, 0) is 11.2 Å². The number of carbonyl (C=O) groups is 1. The van der Waals surface area contributed by atoms with Gasteiger partial charge in [-0.1, -0.05) is 12.1 Å². The molecule has 0 unspecified atom stereocenters. The molecule has 0 bridgehead atoms. The van der Waals surface area contributed by atoms with E-state index in [4.69, 9.17) is 4.74 Å². The number of halogens is 1. The largest absolute Gasteiger partial charge is 0.465 e. The van der Waals surface area contributed by atoms with Crippen molar-refractivity contribution < 1.29 is 9.53 Å². The molecule has 1 fully saturated rings. The summed E-state index contributed by atoms with van der Waals surface area (Å²) in [6.45, 7) is 4.67. The SMILES string of the molecule is CCNC(=NCC1CC1)NCCc1ccc(C(=O)OC)cc1.I. The van der Waals surface area contributed by atoms with Gasteiger partial charge in [0.1, 0.15) is 0 Å². The molecule has 0 heterocycles. The molecule has 1 saturated carbocycles. The van der Waals surface area contributed by atoms with E-state index in [9.17, 15) is 4.79 Å². The Morgan fingerprint density at radius 3 is 2.52 bits per heavy atom. The lowest BCUT2D eigenvalue weighted by atomic mass is 10.1. The summed E-state index contributed by atoms with van der Waals surface area (Å²) in [7, 11) is 1.39. The number of hydrogen-bond acceptors (Lipinski definition) is 3. The number of rotatable bonds is 7. The van der Waals surface area contributed by atoms with Gasteiger partial charge in [-0.25, -0.2) is 4.79 Å². The highest BCUT2D eigenvalue weighted by atomic mass is 127. The van der Waals surface area contributed by atoms with E-state index >= 15 is 0 Å². The lowest BCUT2D eigenvalue weighted by molar-refractivity contribution is 0.0600. The summed E-state index contributed by atoms with van der Waals surface area (Å²) in [6.07, 6.45) is 3.51. The third-order valence-corrected chi connectivity index (χ3v) is 3.63. The Hall–Kier alpha value is -1.31. The van der Waals surface area contributed by atoms with Gasteiger partial charge in [-0.3, -0.25) is 4.99 Å². The smallest absolute Gasteiger partial charge is 0.337 e. The fraction of sp³-hybridized carbons (Fsp3) is 0.529. The monoisotopic (exact) mass is 431 g/mol. The molecule has 0 radical (unpaired) electrons. The van der Waals surface area contributed by atoms with Crippen molar-refractivity contribution in [2.24, 2.45) is 10.9 Å². The molecule has 1 aliphatic rings. The molecule has 0 saturated heterocycles. The zero-order valence-electron chi connectivity index (χ0n) is 13.8. The van der Waals surface area contributed by atoms with Crippen LogP contribution in [0, 0.1) is 5.92 Å². The van der Waals surface area contributed by atoms with Crippen LogP contribution in [0.4, 0.5) is 0 Å². The van der Waals surface area contributed by atoms with Crippen LogP contribution < -0.4 is 10.6 Å². The first-order chi connectivity index (χ1) is 10.7. The maximum Gasteiger partial charge on any atom is 0.337 e.